The van der Waals surface area contributed by atoms with Crippen molar-refractivity contribution < 1.29 is 4.74 Å². The lowest BCUT2D eigenvalue weighted by Gasteiger charge is -2.09. The largest absolute Gasteiger partial charge is 0.464 e. The lowest BCUT2D eigenvalue weighted by atomic mass is 10.2. The molecule has 0 saturated carbocycles. The third-order valence-electron chi connectivity index (χ3n) is 2.31. The van der Waals surface area contributed by atoms with Gasteiger partial charge < -0.3 is 10.1 Å². The quantitative estimate of drug-likeness (QED) is 0.809. The minimum absolute atomic E-state index is 0.101. The Kier molecular flexibility index (Phi) is 4.76. The van der Waals surface area contributed by atoms with Crippen molar-refractivity contribution in [1.82, 2.24) is 15.0 Å². The summed E-state index contributed by atoms with van der Waals surface area (Å²) in [5.74, 6) is 0.369. The Morgan fingerprint density at radius 1 is 1.32 bits per heavy atom. The van der Waals surface area contributed by atoms with E-state index in [0.717, 1.165) is 14.8 Å². The van der Waals surface area contributed by atoms with Gasteiger partial charge >= 0.3 is 6.01 Å². The van der Waals surface area contributed by atoms with Crippen LogP contribution in [0.3, 0.4) is 0 Å². The normalized spacial score (nSPS) is 10.3. The SMILES string of the molecule is CCOc1nc(Cl)nc(Nc2cc(I)ccc2C)n1. The molecular weight excluding hydrogens is 379 g/mol. The summed E-state index contributed by atoms with van der Waals surface area (Å²) < 4.78 is 6.35. The molecule has 0 amide bonds. The number of benzene rings is 1. The van der Waals surface area contributed by atoms with E-state index in [2.05, 4.69) is 42.9 Å². The van der Waals surface area contributed by atoms with Crippen LogP contribution in [0.1, 0.15) is 12.5 Å². The zero-order valence-electron chi connectivity index (χ0n) is 10.4. The Labute approximate surface area is 129 Å². The highest BCUT2D eigenvalue weighted by Crippen LogP contribution is 2.22. The van der Waals surface area contributed by atoms with Gasteiger partial charge in [0.25, 0.3) is 0 Å². The molecule has 7 heteroatoms. The van der Waals surface area contributed by atoms with Crippen LogP contribution in [0.2, 0.25) is 5.28 Å². The summed E-state index contributed by atoms with van der Waals surface area (Å²) in [6.07, 6.45) is 0. The molecule has 1 aromatic heterocycles. The lowest BCUT2D eigenvalue weighted by molar-refractivity contribution is 0.312. The average molecular weight is 391 g/mol. The maximum atomic E-state index is 5.84. The lowest BCUT2D eigenvalue weighted by Crippen LogP contribution is -2.04. The van der Waals surface area contributed by atoms with E-state index in [4.69, 9.17) is 16.3 Å². The van der Waals surface area contributed by atoms with Gasteiger partial charge in [0.1, 0.15) is 0 Å². The van der Waals surface area contributed by atoms with E-state index in [1.807, 2.05) is 32.0 Å². The van der Waals surface area contributed by atoms with Gasteiger partial charge in [0, 0.05) is 9.26 Å². The molecule has 5 nitrogen and oxygen atoms in total. The molecular formula is C12H12ClIN4O. The molecule has 0 fully saturated rings. The van der Waals surface area contributed by atoms with E-state index in [1.165, 1.54) is 0 Å². The van der Waals surface area contributed by atoms with Gasteiger partial charge in [-0.3, -0.25) is 0 Å². The maximum Gasteiger partial charge on any atom is 0.322 e. The second-order valence-electron chi connectivity index (χ2n) is 3.73. The number of halogens is 2. The standard InChI is InChI=1S/C12H12ClIN4O/c1-3-19-12-17-10(13)16-11(18-12)15-9-6-8(14)5-4-7(9)2/h4-6H,3H2,1-2H3,(H,15,16,17,18). The summed E-state index contributed by atoms with van der Waals surface area (Å²) in [4.78, 5) is 12.1. The van der Waals surface area contributed by atoms with Gasteiger partial charge in [-0.2, -0.15) is 15.0 Å². The van der Waals surface area contributed by atoms with Crippen LogP contribution >= 0.6 is 34.2 Å². The van der Waals surface area contributed by atoms with Crippen molar-refractivity contribution in [3.05, 3.63) is 32.6 Å². The summed E-state index contributed by atoms with van der Waals surface area (Å²) in [6.45, 7) is 4.33. The summed E-state index contributed by atoms with van der Waals surface area (Å²) in [5, 5.41) is 3.22. The molecule has 0 saturated heterocycles. The van der Waals surface area contributed by atoms with Gasteiger partial charge in [-0.05, 0) is 65.7 Å². The average Bonchev–Trinajstić information content (AvgIpc) is 2.33. The molecule has 0 atom stereocenters. The number of hydrogen-bond donors (Lipinski definition) is 1. The third kappa shape index (κ3) is 3.90. The first kappa shape index (κ1) is 14.3. The molecule has 0 radical (unpaired) electrons. The van der Waals surface area contributed by atoms with Crippen molar-refractivity contribution in [3.63, 3.8) is 0 Å². The van der Waals surface area contributed by atoms with Crippen LogP contribution in [-0.4, -0.2) is 21.6 Å². The van der Waals surface area contributed by atoms with Gasteiger partial charge in [0.2, 0.25) is 11.2 Å². The summed E-state index contributed by atoms with van der Waals surface area (Å²) in [5.41, 5.74) is 2.02. The van der Waals surface area contributed by atoms with Crippen LogP contribution in [0.15, 0.2) is 18.2 Å². The summed E-state index contributed by atoms with van der Waals surface area (Å²) in [7, 11) is 0. The van der Waals surface area contributed by atoms with E-state index < -0.39 is 0 Å². The highest BCUT2D eigenvalue weighted by atomic mass is 127. The Hall–Kier alpha value is -1.15. The predicted octanol–water partition coefficient (Wildman–Crippen LogP) is 3.58. The van der Waals surface area contributed by atoms with Crippen molar-refractivity contribution in [2.24, 2.45) is 0 Å². The Bertz CT molecular complexity index is 594. The number of anilines is 2. The topological polar surface area (TPSA) is 59.9 Å². The molecule has 0 unspecified atom stereocenters. The number of nitrogens with one attached hydrogen (secondary N) is 1. The minimum Gasteiger partial charge on any atom is -0.464 e. The molecule has 0 aliphatic rings. The second kappa shape index (κ2) is 6.33. The van der Waals surface area contributed by atoms with Crippen LogP contribution in [0, 0.1) is 10.5 Å². The number of nitrogens with zero attached hydrogens (tertiary/aromatic N) is 3. The highest BCUT2D eigenvalue weighted by molar-refractivity contribution is 14.1. The molecule has 0 aliphatic heterocycles. The molecule has 19 heavy (non-hydrogen) atoms. The van der Waals surface area contributed by atoms with E-state index >= 15 is 0 Å². The molecule has 0 spiro atoms. The molecule has 0 aliphatic carbocycles. The first-order chi connectivity index (χ1) is 9.08. The van der Waals surface area contributed by atoms with Crippen molar-refractivity contribution in [1.29, 1.82) is 0 Å². The molecule has 1 aromatic carbocycles. The molecule has 2 rings (SSSR count). The van der Waals surface area contributed by atoms with Crippen LogP contribution < -0.4 is 10.1 Å². The van der Waals surface area contributed by atoms with Crippen molar-refractivity contribution >= 4 is 45.8 Å². The molecule has 2 aromatic rings. The fourth-order valence-electron chi connectivity index (χ4n) is 1.43. The Morgan fingerprint density at radius 3 is 2.84 bits per heavy atom. The smallest absolute Gasteiger partial charge is 0.322 e. The first-order valence-corrected chi connectivity index (χ1v) is 7.11. The number of rotatable bonds is 4. The zero-order chi connectivity index (χ0) is 13.8. The number of hydrogen-bond acceptors (Lipinski definition) is 5. The summed E-state index contributed by atoms with van der Waals surface area (Å²) in [6, 6.07) is 6.28. The van der Waals surface area contributed by atoms with Crippen LogP contribution in [0.5, 0.6) is 6.01 Å². The van der Waals surface area contributed by atoms with E-state index in [9.17, 15) is 0 Å². The molecule has 1 heterocycles. The number of aromatic nitrogens is 3. The van der Waals surface area contributed by atoms with Crippen LogP contribution in [0.4, 0.5) is 11.6 Å². The summed E-state index contributed by atoms with van der Waals surface area (Å²) >= 11 is 8.09. The Morgan fingerprint density at radius 2 is 2.11 bits per heavy atom. The van der Waals surface area contributed by atoms with Crippen molar-refractivity contribution in [2.75, 3.05) is 11.9 Å². The molecule has 1 N–H and O–H groups in total. The van der Waals surface area contributed by atoms with Crippen LogP contribution in [-0.2, 0) is 0 Å². The van der Waals surface area contributed by atoms with Gasteiger partial charge in [-0.15, -0.1) is 0 Å². The van der Waals surface area contributed by atoms with Gasteiger partial charge in [-0.1, -0.05) is 6.07 Å². The predicted molar refractivity (Wildman–Crippen MR) is 83.2 cm³/mol. The highest BCUT2D eigenvalue weighted by Gasteiger charge is 2.07. The van der Waals surface area contributed by atoms with E-state index in [1.54, 1.807) is 0 Å². The minimum atomic E-state index is 0.101. The zero-order valence-corrected chi connectivity index (χ0v) is 13.4. The van der Waals surface area contributed by atoms with E-state index in [0.29, 0.717) is 12.6 Å². The number of aryl methyl sites for hydroxylation is 1. The fourth-order valence-corrected chi connectivity index (χ4v) is 2.07. The first-order valence-electron chi connectivity index (χ1n) is 5.66. The monoisotopic (exact) mass is 390 g/mol. The number of ether oxygens (including phenoxy) is 1. The Balaban J connectivity index is 2.29. The van der Waals surface area contributed by atoms with Crippen molar-refractivity contribution in [2.45, 2.75) is 13.8 Å². The van der Waals surface area contributed by atoms with E-state index in [-0.39, 0.29) is 11.3 Å². The van der Waals surface area contributed by atoms with Gasteiger partial charge in [0.05, 0.1) is 6.61 Å². The molecule has 100 valence electrons. The maximum absolute atomic E-state index is 5.84. The van der Waals surface area contributed by atoms with Gasteiger partial charge in [-0.25, -0.2) is 0 Å². The van der Waals surface area contributed by atoms with Crippen LogP contribution in [0.25, 0.3) is 0 Å². The third-order valence-corrected chi connectivity index (χ3v) is 3.15. The molecule has 0 bridgehead atoms. The van der Waals surface area contributed by atoms with Crippen molar-refractivity contribution in [3.8, 4) is 6.01 Å². The van der Waals surface area contributed by atoms with Gasteiger partial charge in [0.15, 0.2) is 0 Å². The fraction of sp³-hybridized carbons (Fsp3) is 0.250. The second-order valence-corrected chi connectivity index (χ2v) is 5.31.